The largest absolute Gasteiger partial charge is 0.449 e. The van der Waals surface area contributed by atoms with E-state index in [0.29, 0.717) is 23.6 Å². The van der Waals surface area contributed by atoms with Gasteiger partial charge in [-0.05, 0) is 18.1 Å². The maximum Gasteiger partial charge on any atom is 0.246 e. The lowest BCUT2D eigenvalue weighted by atomic mass is 10.0. The number of amides is 1. The Morgan fingerprint density at radius 2 is 1.95 bits per heavy atom. The lowest BCUT2D eigenvalue weighted by Gasteiger charge is -2.16. The van der Waals surface area contributed by atoms with Gasteiger partial charge in [0.15, 0.2) is 11.5 Å². The van der Waals surface area contributed by atoms with Crippen LogP contribution in [0.15, 0.2) is 18.2 Å². The van der Waals surface area contributed by atoms with Crippen molar-refractivity contribution < 1.29 is 14.3 Å². The maximum atomic E-state index is 11.9. The molecule has 0 radical (unpaired) electrons. The van der Waals surface area contributed by atoms with E-state index >= 15 is 0 Å². The summed E-state index contributed by atoms with van der Waals surface area (Å²) >= 11 is 0. The van der Waals surface area contributed by atoms with Gasteiger partial charge in [-0.25, -0.2) is 0 Å². The highest BCUT2D eigenvalue weighted by Gasteiger charge is 2.31. The third-order valence-electron chi connectivity index (χ3n) is 3.22. The van der Waals surface area contributed by atoms with E-state index in [-0.39, 0.29) is 17.9 Å². The van der Waals surface area contributed by atoms with Crippen LogP contribution in [0.3, 0.4) is 0 Å². The number of carbonyl (C=O) groups excluding carboxylic acids is 1. The summed E-state index contributed by atoms with van der Waals surface area (Å²) in [5.74, 6) is 0.848. The molecule has 0 spiro atoms. The molecule has 0 bridgehead atoms. The van der Waals surface area contributed by atoms with Crippen LogP contribution in [0.25, 0.3) is 0 Å². The molecule has 3 N–H and O–H groups in total. The fourth-order valence-electron chi connectivity index (χ4n) is 1.96. The lowest BCUT2D eigenvalue weighted by Crippen LogP contribution is -2.31. The average Bonchev–Trinajstić information content (AvgIpc) is 2.61. The summed E-state index contributed by atoms with van der Waals surface area (Å²) in [5, 5.41) is 2.83. The number of fused-ring (bicyclic) bond motifs is 1. The van der Waals surface area contributed by atoms with Gasteiger partial charge in [-0.15, -0.1) is 0 Å². The zero-order valence-corrected chi connectivity index (χ0v) is 12.4. The molecule has 0 saturated heterocycles. The van der Waals surface area contributed by atoms with E-state index in [1.807, 2.05) is 27.7 Å². The minimum atomic E-state index is -0.662. The third kappa shape index (κ3) is 3.42. The molecule has 1 heterocycles. The number of benzene rings is 1. The monoisotopic (exact) mass is 278 g/mol. The summed E-state index contributed by atoms with van der Waals surface area (Å²) in [7, 11) is 0. The highest BCUT2D eigenvalue weighted by molar-refractivity contribution is 5.91. The zero-order valence-electron chi connectivity index (χ0n) is 12.4. The van der Waals surface area contributed by atoms with E-state index in [9.17, 15) is 4.79 Å². The first-order valence-electron chi connectivity index (χ1n) is 6.84. The van der Waals surface area contributed by atoms with Crippen molar-refractivity contribution >= 4 is 11.6 Å². The number of nitrogens with two attached hydrogens (primary N) is 1. The van der Waals surface area contributed by atoms with E-state index in [1.165, 1.54) is 0 Å². The van der Waals surface area contributed by atoms with Gasteiger partial charge in [-0.2, -0.15) is 0 Å². The number of anilines is 1. The maximum absolute atomic E-state index is 11.9. The van der Waals surface area contributed by atoms with Gasteiger partial charge in [0.05, 0.1) is 0 Å². The van der Waals surface area contributed by atoms with Gasteiger partial charge in [0.2, 0.25) is 11.7 Å². The van der Waals surface area contributed by atoms with Gasteiger partial charge in [0.25, 0.3) is 0 Å². The molecule has 1 aliphatic rings. The molecule has 0 aliphatic carbocycles. The van der Waals surface area contributed by atoms with Gasteiger partial charge in [0, 0.05) is 38.1 Å². The summed E-state index contributed by atoms with van der Waals surface area (Å²) in [6.07, 6.45) is 0.303. The number of hydrogen-bond acceptors (Lipinski definition) is 4. The summed E-state index contributed by atoms with van der Waals surface area (Å²) in [6, 6.07) is 5.22. The van der Waals surface area contributed by atoms with Crippen LogP contribution in [-0.2, 0) is 4.79 Å². The fourth-order valence-corrected chi connectivity index (χ4v) is 1.96. The van der Waals surface area contributed by atoms with Crippen LogP contribution >= 0.6 is 0 Å². The summed E-state index contributed by atoms with van der Waals surface area (Å²) in [5.41, 5.74) is 6.58. The van der Waals surface area contributed by atoms with Crippen molar-refractivity contribution in [1.82, 2.24) is 0 Å². The Bertz CT molecular complexity index is 512. The van der Waals surface area contributed by atoms with Crippen molar-refractivity contribution in [3.8, 4) is 11.5 Å². The molecule has 5 nitrogen and oxygen atoms in total. The Balaban J connectivity index is 2.00. The highest BCUT2D eigenvalue weighted by atomic mass is 16.7. The predicted octanol–water partition coefficient (Wildman–Crippen LogP) is 2.51. The zero-order chi connectivity index (χ0) is 14.9. The van der Waals surface area contributed by atoms with E-state index in [2.05, 4.69) is 5.32 Å². The number of carbonyl (C=O) groups is 1. The van der Waals surface area contributed by atoms with E-state index in [4.69, 9.17) is 15.2 Å². The second-order valence-electron chi connectivity index (χ2n) is 5.93. The minimum Gasteiger partial charge on any atom is -0.449 e. The molecule has 20 heavy (non-hydrogen) atoms. The third-order valence-corrected chi connectivity index (χ3v) is 3.22. The summed E-state index contributed by atoms with van der Waals surface area (Å²) < 4.78 is 11.2. The van der Waals surface area contributed by atoms with Crippen LogP contribution < -0.4 is 20.5 Å². The van der Waals surface area contributed by atoms with E-state index < -0.39 is 5.79 Å². The van der Waals surface area contributed by atoms with Crippen LogP contribution in [0.2, 0.25) is 0 Å². The second-order valence-corrected chi connectivity index (χ2v) is 5.93. The quantitative estimate of drug-likeness (QED) is 0.887. The topological polar surface area (TPSA) is 73.6 Å². The van der Waals surface area contributed by atoms with Crippen molar-refractivity contribution in [2.24, 2.45) is 11.7 Å². The van der Waals surface area contributed by atoms with Crippen LogP contribution in [0, 0.1) is 5.92 Å². The van der Waals surface area contributed by atoms with Crippen molar-refractivity contribution in [3.05, 3.63) is 18.2 Å². The first-order chi connectivity index (χ1) is 9.27. The number of rotatable bonds is 4. The molecule has 1 aromatic carbocycles. The standard InChI is InChI=1S/C15H22N2O3/c1-9(2)11(16)8-14(18)17-10-5-6-12-13(7-10)20-15(3,4)19-12/h5-7,9,11H,8,16H2,1-4H3,(H,17,18). The van der Waals surface area contributed by atoms with Crippen LogP contribution in [0.5, 0.6) is 11.5 Å². The Morgan fingerprint density at radius 3 is 2.60 bits per heavy atom. The van der Waals surface area contributed by atoms with Crippen molar-refractivity contribution in [1.29, 1.82) is 0 Å². The number of hydrogen-bond donors (Lipinski definition) is 2. The molecule has 1 aromatic rings. The molecule has 0 aromatic heterocycles. The number of ether oxygens (including phenoxy) is 2. The van der Waals surface area contributed by atoms with Crippen LogP contribution in [0.4, 0.5) is 5.69 Å². The first kappa shape index (κ1) is 14.7. The number of nitrogens with one attached hydrogen (secondary N) is 1. The van der Waals surface area contributed by atoms with Gasteiger partial charge in [-0.3, -0.25) is 4.79 Å². The van der Waals surface area contributed by atoms with Crippen molar-refractivity contribution in [3.63, 3.8) is 0 Å². The van der Waals surface area contributed by atoms with Gasteiger partial charge in [0.1, 0.15) is 0 Å². The van der Waals surface area contributed by atoms with Gasteiger partial charge in [-0.1, -0.05) is 13.8 Å². The molecule has 1 amide bonds. The van der Waals surface area contributed by atoms with Crippen molar-refractivity contribution in [2.45, 2.75) is 45.9 Å². The normalized spacial score (nSPS) is 17.1. The molecule has 1 aliphatic heterocycles. The summed E-state index contributed by atoms with van der Waals surface area (Å²) in [6.45, 7) is 7.68. The molecule has 0 saturated carbocycles. The molecule has 5 heteroatoms. The Labute approximate surface area is 119 Å². The van der Waals surface area contributed by atoms with E-state index in [1.54, 1.807) is 18.2 Å². The molecule has 110 valence electrons. The SMILES string of the molecule is CC(C)C(N)CC(=O)Nc1ccc2c(c1)OC(C)(C)O2. The van der Waals surface area contributed by atoms with Crippen LogP contribution in [0.1, 0.15) is 34.1 Å². The van der Waals surface area contributed by atoms with Crippen LogP contribution in [-0.4, -0.2) is 17.7 Å². The molecule has 1 atom stereocenters. The Hall–Kier alpha value is -1.75. The molecular formula is C15H22N2O3. The molecule has 0 fully saturated rings. The second kappa shape index (κ2) is 5.32. The highest BCUT2D eigenvalue weighted by Crippen LogP contribution is 2.40. The first-order valence-corrected chi connectivity index (χ1v) is 6.84. The summed E-state index contributed by atoms with van der Waals surface area (Å²) in [4.78, 5) is 11.9. The fraction of sp³-hybridized carbons (Fsp3) is 0.533. The lowest BCUT2D eigenvalue weighted by molar-refractivity contribution is -0.116. The van der Waals surface area contributed by atoms with Crippen molar-refractivity contribution in [2.75, 3.05) is 5.32 Å². The Morgan fingerprint density at radius 1 is 1.30 bits per heavy atom. The Kier molecular flexibility index (Phi) is 3.90. The smallest absolute Gasteiger partial charge is 0.246 e. The van der Waals surface area contributed by atoms with Gasteiger partial charge >= 0.3 is 0 Å². The predicted molar refractivity (Wildman–Crippen MR) is 77.8 cm³/mol. The average molecular weight is 278 g/mol. The molecular weight excluding hydrogens is 256 g/mol. The van der Waals surface area contributed by atoms with Gasteiger partial charge < -0.3 is 20.5 Å². The molecule has 2 rings (SSSR count). The molecule has 1 unspecified atom stereocenters. The van der Waals surface area contributed by atoms with E-state index in [0.717, 1.165) is 0 Å². The minimum absolute atomic E-state index is 0.0932.